The molecular weight excluding hydrogens is 426 g/mol. The fourth-order valence-electron chi connectivity index (χ4n) is 2.77. The van der Waals surface area contributed by atoms with E-state index < -0.39 is 18.0 Å². The smallest absolute Gasteiger partial charge is 0.351 e. The second-order valence-corrected chi connectivity index (χ2v) is 7.53. The number of methoxy groups -OCH3 is 1. The Kier molecular flexibility index (Phi) is 7.48. The molecule has 0 spiro atoms. The number of carbonyl (C=O) groups is 2. The first-order valence-corrected chi connectivity index (χ1v) is 10.5. The number of hydrogen-bond donors (Lipinski definition) is 0. The van der Waals surface area contributed by atoms with Crippen LogP contribution in [0.25, 0.3) is 11.4 Å². The predicted molar refractivity (Wildman–Crippen MR) is 114 cm³/mol. The van der Waals surface area contributed by atoms with E-state index in [-0.39, 0.29) is 5.75 Å². The number of halogens is 1. The van der Waals surface area contributed by atoms with Gasteiger partial charge in [-0.2, -0.15) is 0 Å². The molecule has 0 N–H and O–H groups in total. The average molecular weight is 446 g/mol. The van der Waals surface area contributed by atoms with Crippen LogP contribution < -0.4 is 0 Å². The van der Waals surface area contributed by atoms with E-state index in [9.17, 15) is 9.59 Å². The molecule has 1 heterocycles. The molecule has 7 nitrogen and oxygen atoms in total. The number of thioether (sulfide) groups is 1. The summed E-state index contributed by atoms with van der Waals surface area (Å²) < 4.78 is 12.1. The lowest BCUT2D eigenvalue weighted by Gasteiger charge is -2.16. The number of hydrogen-bond acceptors (Lipinski definition) is 7. The first-order valence-electron chi connectivity index (χ1n) is 9.17. The van der Waals surface area contributed by atoms with Crippen LogP contribution in [0.3, 0.4) is 0 Å². The second-order valence-electron chi connectivity index (χ2n) is 6.15. The fourth-order valence-corrected chi connectivity index (χ4v) is 3.68. The second kappa shape index (κ2) is 10.3. The Labute approximate surface area is 183 Å². The third kappa shape index (κ3) is 5.20. The van der Waals surface area contributed by atoms with E-state index in [2.05, 4.69) is 10.2 Å². The van der Waals surface area contributed by atoms with E-state index >= 15 is 0 Å². The zero-order valence-electron chi connectivity index (χ0n) is 16.4. The van der Waals surface area contributed by atoms with E-state index in [1.54, 1.807) is 36.4 Å². The monoisotopic (exact) mass is 445 g/mol. The van der Waals surface area contributed by atoms with Gasteiger partial charge in [0, 0.05) is 22.7 Å². The van der Waals surface area contributed by atoms with Gasteiger partial charge in [-0.25, -0.2) is 4.79 Å². The number of ether oxygens (including phenoxy) is 2. The molecule has 0 aliphatic heterocycles. The Balaban J connectivity index is 1.69. The van der Waals surface area contributed by atoms with E-state index in [0.29, 0.717) is 28.1 Å². The lowest BCUT2D eigenvalue weighted by Crippen LogP contribution is -2.22. The first kappa shape index (κ1) is 21.9. The summed E-state index contributed by atoms with van der Waals surface area (Å²) in [5, 5.41) is 9.64. The first-order chi connectivity index (χ1) is 14.5. The molecule has 0 radical (unpaired) electrons. The van der Waals surface area contributed by atoms with Crippen molar-refractivity contribution in [1.29, 1.82) is 0 Å². The summed E-state index contributed by atoms with van der Waals surface area (Å²) in [4.78, 5) is 24.5. The summed E-state index contributed by atoms with van der Waals surface area (Å²) in [5.74, 6) is -0.542. The molecule has 0 aliphatic rings. The van der Waals surface area contributed by atoms with Crippen LogP contribution in [-0.2, 0) is 25.6 Å². The van der Waals surface area contributed by atoms with Crippen molar-refractivity contribution in [3.05, 3.63) is 65.2 Å². The third-order valence-electron chi connectivity index (χ3n) is 4.22. The number of aromatic nitrogens is 3. The van der Waals surface area contributed by atoms with Crippen LogP contribution in [0.1, 0.15) is 18.6 Å². The number of carbonyl (C=O) groups excluding carboxylic acids is 2. The van der Waals surface area contributed by atoms with Gasteiger partial charge in [0.05, 0.1) is 12.9 Å². The van der Waals surface area contributed by atoms with Crippen LogP contribution in [0.2, 0.25) is 5.02 Å². The van der Waals surface area contributed by atoms with Crippen molar-refractivity contribution in [2.75, 3.05) is 12.9 Å². The normalized spacial score (nSPS) is 11.7. The van der Waals surface area contributed by atoms with Crippen molar-refractivity contribution in [1.82, 2.24) is 14.8 Å². The largest absolute Gasteiger partial charge is 0.466 e. The van der Waals surface area contributed by atoms with Gasteiger partial charge in [0.15, 0.2) is 11.0 Å². The van der Waals surface area contributed by atoms with Crippen molar-refractivity contribution < 1.29 is 19.1 Å². The maximum Gasteiger partial charge on any atom is 0.351 e. The molecule has 1 atom stereocenters. The molecule has 2 aromatic carbocycles. The number of nitrogens with zero attached hydrogens (tertiary/aromatic N) is 3. The highest BCUT2D eigenvalue weighted by molar-refractivity contribution is 7.99. The van der Waals surface area contributed by atoms with Gasteiger partial charge in [0.25, 0.3) is 0 Å². The number of rotatable bonds is 8. The van der Waals surface area contributed by atoms with E-state index in [1.165, 1.54) is 18.9 Å². The van der Waals surface area contributed by atoms with Crippen LogP contribution >= 0.6 is 23.4 Å². The molecule has 0 amide bonds. The minimum absolute atomic E-state index is 0.0287. The van der Waals surface area contributed by atoms with Gasteiger partial charge < -0.3 is 14.0 Å². The summed E-state index contributed by atoms with van der Waals surface area (Å²) >= 11 is 7.14. The molecular formula is C21H20ClN3O4S. The van der Waals surface area contributed by atoms with Gasteiger partial charge in [0.2, 0.25) is 6.10 Å². The van der Waals surface area contributed by atoms with Crippen LogP contribution in [0, 0.1) is 0 Å². The maximum atomic E-state index is 12.4. The number of esters is 2. The van der Waals surface area contributed by atoms with Crippen LogP contribution in [-0.4, -0.2) is 39.6 Å². The summed E-state index contributed by atoms with van der Waals surface area (Å²) in [7, 11) is 1.25. The summed E-state index contributed by atoms with van der Waals surface area (Å²) in [6.07, 6.45) is -1.11. The molecule has 156 valence electrons. The SMILES string of the molecule is CCn1c(SCC(=O)OC(C(=O)OC)c2ccccc2)nnc1-c1ccc(Cl)cc1. The molecule has 0 bridgehead atoms. The highest BCUT2D eigenvalue weighted by atomic mass is 35.5. The van der Waals surface area contributed by atoms with Crippen LogP contribution in [0.5, 0.6) is 0 Å². The van der Waals surface area contributed by atoms with Gasteiger partial charge in [-0.15, -0.1) is 10.2 Å². The van der Waals surface area contributed by atoms with Crippen molar-refractivity contribution in [2.45, 2.75) is 24.7 Å². The van der Waals surface area contributed by atoms with Crippen molar-refractivity contribution in [2.24, 2.45) is 0 Å². The van der Waals surface area contributed by atoms with Crippen molar-refractivity contribution in [3.8, 4) is 11.4 Å². The fraction of sp³-hybridized carbons (Fsp3) is 0.238. The Bertz CT molecular complexity index is 1010. The number of benzene rings is 2. The molecule has 9 heteroatoms. The Morgan fingerprint density at radius 3 is 2.43 bits per heavy atom. The Morgan fingerprint density at radius 2 is 1.80 bits per heavy atom. The lowest BCUT2D eigenvalue weighted by molar-refractivity contribution is -0.165. The topological polar surface area (TPSA) is 83.3 Å². The molecule has 30 heavy (non-hydrogen) atoms. The highest BCUT2D eigenvalue weighted by Crippen LogP contribution is 2.26. The minimum Gasteiger partial charge on any atom is -0.466 e. The lowest BCUT2D eigenvalue weighted by atomic mass is 10.1. The Morgan fingerprint density at radius 1 is 1.10 bits per heavy atom. The minimum atomic E-state index is -1.11. The molecule has 3 aromatic rings. The Hall–Kier alpha value is -2.84. The quantitative estimate of drug-likeness (QED) is 0.380. The molecule has 0 fully saturated rings. The van der Waals surface area contributed by atoms with Gasteiger partial charge >= 0.3 is 11.9 Å². The predicted octanol–water partition coefficient (Wildman–Crippen LogP) is 4.17. The van der Waals surface area contributed by atoms with E-state index in [0.717, 1.165) is 5.56 Å². The molecule has 1 aromatic heterocycles. The summed E-state index contributed by atoms with van der Waals surface area (Å²) in [6, 6.07) is 16.0. The van der Waals surface area contributed by atoms with Crippen molar-refractivity contribution in [3.63, 3.8) is 0 Å². The van der Waals surface area contributed by atoms with Gasteiger partial charge in [-0.3, -0.25) is 4.79 Å². The molecule has 0 saturated carbocycles. The van der Waals surface area contributed by atoms with Crippen LogP contribution in [0.4, 0.5) is 0 Å². The summed E-state index contributed by atoms with van der Waals surface area (Å²) in [5.41, 5.74) is 1.42. The van der Waals surface area contributed by atoms with Crippen molar-refractivity contribution >= 4 is 35.3 Å². The average Bonchev–Trinajstić information content (AvgIpc) is 3.19. The maximum absolute atomic E-state index is 12.4. The molecule has 0 saturated heterocycles. The molecule has 0 aliphatic carbocycles. The van der Waals surface area contributed by atoms with E-state index in [4.69, 9.17) is 21.1 Å². The van der Waals surface area contributed by atoms with Gasteiger partial charge in [0.1, 0.15) is 0 Å². The third-order valence-corrected chi connectivity index (χ3v) is 5.41. The van der Waals surface area contributed by atoms with Gasteiger partial charge in [-0.05, 0) is 31.2 Å². The van der Waals surface area contributed by atoms with Gasteiger partial charge in [-0.1, -0.05) is 53.7 Å². The van der Waals surface area contributed by atoms with E-state index in [1.807, 2.05) is 29.7 Å². The molecule has 3 rings (SSSR count). The zero-order valence-corrected chi connectivity index (χ0v) is 18.0. The molecule has 1 unspecified atom stereocenters. The van der Waals surface area contributed by atoms with Crippen LogP contribution in [0.15, 0.2) is 59.8 Å². The standard InChI is InChI=1S/C21H20ClN3O4S/c1-3-25-19(15-9-11-16(22)12-10-15)23-24-21(25)30-13-17(26)29-18(20(27)28-2)14-7-5-4-6-8-14/h4-12,18H,3,13H2,1-2H3. The summed E-state index contributed by atoms with van der Waals surface area (Å²) in [6.45, 7) is 2.59. The zero-order chi connectivity index (χ0) is 21.5. The highest BCUT2D eigenvalue weighted by Gasteiger charge is 2.26.